The quantitative estimate of drug-likeness (QED) is 0.415. The predicted molar refractivity (Wildman–Crippen MR) is 121 cm³/mol. The molecule has 1 amide bonds. The number of aryl methyl sites for hydroxylation is 1. The molecule has 0 aliphatic rings. The molecule has 0 spiro atoms. The SMILES string of the molecule is Cc1ccc(-c2ccc(C(=O)c3ccccc3)cc2)cc1NC(=O)c1ccccc1. The molecule has 4 rings (SSSR count). The number of hydrogen-bond acceptors (Lipinski definition) is 2. The molecule has 3 heteroatoms. The van der Waals surface area contributed by atoms with Crippen LogP contribution in [0.15, 0.2) is 103 Å². The summed E-state index contributed by atoms with van der Waals surface area (Å²) in [7, 11) is 0. The van der Waals surface area contributed by atoms with Crippen LogP contribution in [0.5, 0.6) is 0 Å². The maximum absolute atomic E-state index is 12.6. The highest BCUT2D eigenvalue weighted by atomic mass is 16.1. The summed E-state index contributed by atoms with van der Waals surface area (Å²) in [5, 5.41) is 2.99. The fraction of sp³-hybridized carbons (Fsp3) is 0.0370. The Hall–Kier alpha value is -3.98. The summed E-state index contributed by atoms with van der Waals surface area (Å²) >= 11 is 0. The van der Waals surface area contributed by atoms with Crippen LogP contribution in [0.2, 0.25) is 0 Å². The van der Waals surface area contributed by atoms with E-state index in [1.807, 2.05) is 97.9 Å². The van der Waals surface area contributed by atoms with Crippen LogP contribution in [-0.4, -0.2) is 11.7 Å². The maximum atomic E-state index is 12.6. The molecule has 0 saturated heterocycles. The Labute approximate surface area is 176 Å². The molecule has 4 aromatic rings. The number of benzene rings is 4. The minimum atomic E-state index is -0.139. The highest BCUT2D eigenvalue weighted by molar-refractivity contribution is 6.09. The molecule has 0 radical (unpaired) electrons. The molecule has 0 heterocycles. The van der Waals surface area contributed by atoms with Gasteiger partial charge in [0, 0.05) is 22.4 Å². The van der Waals surface area contributed by atoms with Crippen LogP contribution in [-0.2, 0) is 0 Å². The minimum absolute atomic E-state index is 0.00173. The van der Waals surface area contributed by atoms with Gasteiger partial charge in [-0.1, -0.05) is 84.9 Å². The zero-order chi connectivity index (χ0) is 20.9. The molecular formula is C27H21NO2. The maximum Gasteiger partial charge on any atom is 0.255 e. The first-order chi connectivity index (χ1) is 14.6. The average molecular weight is 391 g/mol. The highest BCUT2D eigenvalue weighted by Gasteiger charge is 2.11. The van der Waals surface area contributed by atoms with Crippen molar-refractivity contribution < 1.29 is 9.59 Å². The third kappa shape index (κ3) is 4.20. The van der Waals surface area contributed by atoms with Crippen molar-refractivity contribution in [3.05, 3.63) is 125 Å². The van der Waals surface area contributed by atoms with Crippen molar-refractivity contribution in [2.45, 2.75) is 6.92 Å². The normalized spacial score (nSPS) is 10.4. The lowest BCUT2D eigenvalue weighted by molar-refractivity contribution is 0.102. The molecule has 0 fully saturated rings. The first kappa shape index (κ1) is 19.3. The van der Waals surface area contributed by atoms with Gasteiger partial charge in [-0.3, -0.25) is 9.59 Å². The minimum Gasteiger partial charge on any atom is -0.322 e. The molecule has 1 N–H and O–H groups in total. The van der Waals surface area contributed by atoms with E-state index >= 15 is 0 Å². The number of amides is 1. The molecule has 0 saturated carbocycles. The first-order valence-electron chi connectivity index (χ1n) is 9.79. The van der Waals surface area contributed by atoms with Crippen molar-refractivity contribution in [1.82, 2.24) is 0 Å². The topological polar surface area (TPSA) is 46.2 Å². The number of carbonyl (C=O) groups excluding carboxylic acids is 2. The average Bonchev–Trinajstić information content (AvgIpc) is 2.81. The Kier molecular flexibility index (Phi) is 5.53. The summed E-state index contributed by atoms with van der Waals surface area (Å²) in [5.41, 5.74) is 5.65. The van der Waals surface area contributed by atoms with E-state index in [0.29, 0.717) is 16.7 Å². The lowest BCUT2D eigenvalue weighted by atomic mass is 9.98. The van der Waals surface area contributed by atoms with Crippen LogP contribution in [0.4, 0.5) is 5.69 Å². The number of ketones is 1. The van der Waals surface area contributed by atoms with E-state index in [2.05, 4.69) is 5.32 Å². The van der Waals surface area contributed by atoms with Crippen molar-refractivity contribution in [3.63, 3.8) is 0 Å². The monoisotopic (exact) mass is 391 g/mol. The zero-order valence-corrected chi connectivity index (χ0v) is 16.6. The largest absolute Gasteiger partial charge is 0.322 e. The van der Waals surface area contributed by atoms with Gasteiger partial charge in [-0.25, -0.2) is 0 Å². The van der Waals surface area contributed by atoms with E-state index < -0.39 is 0 Å². The van der Waals surface area contributed by atoms with Crippen LogP contribution in [0.3, 0.4) is 0 Å². The summed E-state index contributed by atoms with van der Waals surface area (Å²) in [6.07, 6.45) is 0. The highest BCUT2D eigenvalue weighted by Crippen LogP contribution is 2.26. The second-order valence-electron chi connectivity index (χ2n) is 7.12. The Bertz CT molecular complexity index is 1180. The van der Waals surface area contributed by atoms with Gasteiger partial charge >= 0.3 is 0 Å². The van der Waals surface area contributed by atoms with Crippen molar-refractivity contribution in [2.24, 2.45) is 0 Å². The summed E-state index contributed by atoms with van der Waals surface area (Å²) < 4.78 is 0. The summed E-state index contributed by atoms with van der Waals surface area (Å²) in [5.74, 6) is -0.137. The summed E-state index contributed by atoms with van der Waals surface area (Å²) in [6.45, 7) is 1.96. The fourth-order valence-electron chi connectivity index (χ4n) is 3.29. The lowest BCUT2D eigenvalue weighted by Crippen LogP contribution is -2.12. The van der Waals surface area contributed by atoms with Gasteiger partial charge in [-0.05, 0) is 41.8 Å². The van der Waals surface area contributed by atoms with Gasteiger partial charge < -0.3 is 5.32 Å². The molecule has 146 valence electrons. The van der Waals surface area contributed by atoms with Gasteiger partial charge in [0.1, 0.15) is 0 Å². The smallest absolute Gasteiger partial charge is 0.255 e. The van der Waals surface area contributed by atoms with E-state index in [1.165, 1.54) is 0 Å². The van der Waals surface area contributed by atoms with Gasteiger partial charge in [0.2, 0.25) is 0 Å². The summed E-state index contributed by atoms with van der Waals surface area (Å²) in [6, 6.07) is 31.9. The van der Waals surface area contributed by atoms with Crippen molar-refractivity contribution in [1.29, 1.82) is 0 Å². The Morgan fingerprint density at radius 2 is 1.13 bits per heavy atom. The number of nitrogens with one attached hydrogen (secondary N) is 1. The molecule has 0 atom stereocenters. The van der Waals surface area contributed by atoms with Crippen molar-refractivity contribution in [3.8, 4) is 11.1 Å². The molecule has 3 nitrogen and oxygen atoms in total. The van der Waals surface area contributed by atoms with Gasteiger partial charge in [-0.15, -0.1) is 0 Å². The molecule has 30 heavy (non-hydrogen) atoms. The number of carbonyl (C=O) groups is 2. The molecule has 4 aromatic carbocycles. The van der Waals surface area contributed by atoms with Crippen LogP contribution in [0.25, 0.3) is 11.1 Å². The molecule has 0 unspecified atom stereocenters. The molecule has 0 aliphatic carbocycles. The van der Waals surface area contributed by atoms with E-state index in [4.69, 9.17) is 0 Å². The van der Waals surface area contributed by atoms with E-state index in [-0.39, 0.29) is 11.7 Å². The van der Waals surface area contributed by atoms with Crippen LogP contribution < -0.4 is 5.32 Å². The number of rotatable bonds is 5. The third-order valence-corrected chi connectivity index (χ3v) is 5.04. The molecular weight excluding hydrogens is 370 g/mol. The Morgan fingerprint density at radius 1 is 0.600 bits per heavy atom. The van der Waals surface area contributed by atoms with Gasteiger partial charge in [0.05, 0.1) is 0 Å². The van der Waals surface area contributed by atoms with Crippen molar-refractivity contribution in [2.75, 3.05) is 5.32 Å². The van der Waals surface area contributed by atoms with Crippen LogP contribution >= 0.6 is 0 Å². The fourth-order valence-corrected chi connectivity index (χ4v) is 3.29. The predicted octanol–water partition coefficient (Wildman–Crippen LogP) is 6.15. The standard InChI is InChI=1S/C27H21NO2/c1-19-12-13-24(18-25(19)28-27(30)23-10-6-3-7-11-23)20-14-16-22(17-15-20)26(29)21-8-4-2-5-9-21/h2-18H,1H3,(H,28,30). The second kappa shape index (κ2) is 8.58. The van der Waals surface area contributed by atoms with E-state index in [1.54, 1.807) is 12.1 Å². The first-order valence-corrected chi connectivity index (χ1v) is 9.79. The Morgan fingerprint density at radius 3 is 1.77 bits per heavy atom. The molecule has 0 aliphatic heterocycles. The number of anilines is 1. The molecule has 0 bridgehead atoms. The van der Waals surface area contributed by atoms with Gasteiger partial charge in [0.25, 0.3) is 5.91 Å². The zero-order valence-electron chi connectivity index (χ0n) is 16.6. The van der Waals surface area contributed by atoms with Crippen molar-refractivity contribution >= 4 is 17.4 Å². The third-order valence-electron chi connectivity index (χ3n) is 5.04. The number of hydrogen-bond donors (Lipinski definition) is 1. The van der Waals surface area contributed by atoms with E-state index in [9.17, 15) is 9.59 Å². The van der Waals surface area contributed by atoms with Gasteiger partial charge in [-0.2, -0.15) is 0 Å². The Balaban J connectivity index is 1.56. The van der Waals surface area contributed by atoms with Crippen LogP contribution in [0, 0.1) is 6.92 Å². The second-order valence-corrected chi connectivity index (χ2v) is 7.12. The summed E-state index contributed by atoms with van der Waals surface area (Å²) in [4.78, 5) is 25.1. The van der Waals surface area contributed by atoms with Gasteiger partial charge in [0.15, 0.2) is 5.78 Å². The van der Waals surface area contributed by atoms with Crippen LogP contribution in [0.1, 0.15) is 31.8 Å². The lowest BCUT2D eigenvalue weighted by Gasteiger charge is -2.11. The molecule has 0 aromatic heterocycles. The van der Waals surface area contributed by atoms with E-state index in [0.717, 1.165) is 22.4 Å².